The number of anilines is 1. The monoisotopic (exact) mass is 450 g/mol. The van der Waals surface area contributed by atoms with Crippen molar-refractivity contribution in [1.29, 1.82) is 0 Å². The molecule has 4 rings (SSSR count). The molecule has 0 saturated carbocycles. The first-order valence-electron chi connectivity index (χ1n) is 10.2. The van der Waals surface area contributed by atoms with E-state index in [2.05, 4.69) is 20.8 Å². The van der Waals surface area contributed by atoms with Crippen molar-refractivity contribution in [3.05, 3.63) is 71.4 Å². The maximum absolute atomic E-state index is 12.3. The molecule has 33 heavy (non-hydrogen) atoms. The van der Waals surface area contributed by atoms with Gasteiger partial charge in [0, 0.05) is 12.0 Å². The summed E-state index contributed by atoms with van der Waals surface area (Å²) < 4.78 is 5.43. The number of aliphatic hydroxyl groups excluding tert-OH is 1. The van der Waals surface area contributed by atoms with Crippen LogP contribution >= 0.6 is 0 Å². The lowest BCUT2D eigenvalue weighted by Crippen LogP contribution is -2.47. The van der Waals surface area contributed by atoms with Crippen molar-refractivity contribution in [1.82, 2.24) is 15.5 Å². The van der Waals surface area contributed by atoms with Crippen LogP contribution in [0, 0.1) is 0 Å². The molecule has 1 aliphatic carbocycles. The molecule has 0 aliphatic heterocycles. The summed E-state index contributed by atoms with van der Waals surface area (Å²) in [6.45, 7) is 1.36. The summed E-state index contributed by atoms with van der Waals surface area (Å²) in [6, 6.07) is 15.7. The summed E-state index contributed by atoms with van der Waals surface area (Å²) in [4.78, 5) is 35.6. The van der Waals surface area contributed by atoms with Gasteiger partial charge in [0.1, 0.15) is 12.3 Å². The number of benzene rings is 2. The van der Waals surface area contributed by atoms with Gasteiger partial charge in [-0.05, 0) is 29.2 Å². The molecule has 1 heterocycles. The first-order chi connectivity index (χ1) is 15.8. The third kappa shape index (κ3) is 4.55. The Hall–Kier alpha value is -4.18. The second-order valence-electron chi connectivity index (χ2n) is 7.65. The van der Waals surface area contributed by atoms with E-state index in [4.69, 9.17) is 9.84 Å². The number of fused-ring (bicyclic) bond motifs is 3. The highest BCUT2D eigenvalue weighted by Crippen LogP contribution is 2.44. The Kier molecular flexibility index (Phi) is 6.09. The fraction of sp³-hybridized carbons (Fsp3) is 0.217. The van der Waals surface area contributed by atoms with Gasteiger partial charge >= 0.3 is 12.1 Å². The summed E-state index contributed by atoms with van der Waals surface area (Å²) >= 11 is 0. The highest BCUT2D eigenvalue weighted by Gasteiger charge is 2.29. The number of aliphatic carboxylic acids is 1. The molecular weight excluding hydrogens is 428 g/mol. The van der Waals surface area contributed by atoms with E-state index >= 15 is 0 Å². The third-order valence-corrected chi connectivity index (χ3v) is 5.43. The molecular formula is C23H22N4O6. The molecule has 1 aromatic heterocycles. The number of rotatable bonds is 7. The summed E-state index contributed by atoms with van der Waals surface area (Å²) in [5, 5.41) is 29.4. The van der Waals surface area contributed by atoms with Crippen LogP contribution in [0.5, 0.6) is 0 Å². The minimum Gasteiger partial charge on any atom is -0.480 e. The standard InChI is InChI=1S/C23H22N4O6/c1-12(28)20(22(30)31)25-21(29)18-10-19(27-26-18)24-23(32)33-11-17-15-8-4-2-6-13(15)14-7-3-5-9-16(14)17/h2-10,12,17,20,28H,11H2,1H3,(H,25,29)(H,30,31)(H2,24,26,27,32)/t12-,20+/m1/s1. The van der Waals surface area contributed by atoms with Crippen molar-refractivity contribution in [3.63, 3.8) is 0 Å². The molecule has 2 amide bonds. The quantitative estimate of drug-likeness (QED) is 0.370. The van der Waals surface area contributed by atoms with Crippen LogP contribution in [0.1, 0.15) is 34.5 Å². The molecule has 0 bridgehead atoms. The van der Waals surface area contributed by atoms with Gasteiger partial charge in [-0.2, -0.15) is 5.10 Å². The van der Waals surface area contributed by atoms with Crippen molar-refractivity contribution in [2.24, 2.45) is 0 Å². The SMILES string of the molecule is C[C@@H](O)[C@H](NC(=O)c1cc(NC(=O)OCC2c3ccccc3-c3ccccc32)n[nH]1)C(=O)O. The number of aromatic amines is 1. The Labute approximate surface area is 188 Å². The summed E-state index contributed by atoms with van der Waals surface area (Å²) in [5.41, 5.74) is 4.30. The number of carboxylic acids is 1. The van der Waals surface area contributed by atoms with Gasteiger partial charge in [0.15, 0.2) is 11.9 Å². The predicted octanol–water partition coefficient (Wildman–Crippen LogP) is 2.33. The average molecular weight is 450 g/mol. The number of carboxylic acid groups (broad SMARTS) is 1. The molecule has 0 spiro atoms. The van der Waals surface area contributed by atoms with Gasteiger partial charge in [-0.15, -0.1) is 0 Å². The summed E-state index contributed by atoms with van der Waals surface area (Å²) in [5.74, 6) is -2.25. The van der Waals surface area contributed by atoms with E-state index in [0.717, 1.165) is 22.3 Å². The number of carbonyl (C=O) groups is 3. The van der Waals surface area contributed by atoms with E-state index in [1.54, 1.807) is 0 Å². The second kappa shape index (κ2) is 9.13. The molecule has 0 fully saturated rings. The van der Waals surface area contributed by atoms with Gasteiger partial charge in [-0.25, -0.2) is 9.59 Å². The van der Waals surface area contributed by atoms with Crippen LogP contribution in [-0.4, -0.2) is 57.1 Å². The largest absolute Gasteiger partial charge is 0.480 e. The van der Waals surface area contributed by atoms with Crippen LogP contribution in [0.25, 0.3) is 11.1 Å². The number of amides is 2. The number of hydrogen-bond acceptors (Lipinski definition) is 6. The Bertz CT molecular complexity index is 1160. The van der Waals surface area contributed by atoms with Crippen molar-refractivity contribution < 1.29 is 29.3 Å². The van der Waals surface area contributed by atoms with Gasteiger partial charge in [0.05, 0.1) is 6.10 Å². The van der Waals surface area contributed by atoms with E-state index in [-0.39, 0.29) is 24.0 Å². The molecule has 170 valence electrons. The molecule has 3 aromatic rings. The van der Waals surface area contributed by atoms with Crippen molar-refractivity contribution in [2.75, 3.05) is 11.9 Å². The van der Waals surface area contributed by atoms with Crippen LogP contribution in [0.4, 0.5) is 10.6 Å². The topological polar surface area (TPSA) is 154 Å². The first kappa shape index (κ1) is 22.0. The van der Waals surface area contributed by atoms with E-state index in [1.807, 2.05) is 48.5 Å². The molecule has 0 radical (unpaired) electrons. The highest BCUT2D eigenvalue weighted by molar-refractivity contribution is 5.96. The van der Waals surface area contributed by atoms with E-state index < -0.39 is 30.1 Å². The van der Waals surface area contributed by atoms with Gasteiger partial charge < -0.3 is 20.3 Å². The summed E-state index contributed by atoms with van der Waals surface area (Å²) in [7, 11) is 0. The first-order valence-corrected chi connectivity index (χ1v) is 10.2. The number of nitrogens with one attached hydrogen (secondary N) is 3. The van der Waals surface area contributed by atoms with Crippen LogP contribution in [0.15, 0.2) is 54.6 Å². The van der Waals surface area contributed by atoms with Crippen LogP contribution in [-0.2, 0) is 9.53 Å². The second-order valence-corrected chi connectivity index (χ2v) is 7.65. The van der Waals surface area contributed by atoms with Crippen molar-refractivity contribution in [2.45, 2.75) is 25.0 Å². The number of ether oxygens (including phenoxy) is 1. The molecule has 10 heteroatoms. The lowest BCUT2D eigenvalue weighted by Gasteiger charge is -2.16. The number of H-pyrrole nitrogens is 1. The maximum Gasteiger partial charge on any atom is 0.412 e. The van der Waals surface area contributed by atoms with Crippen molar-refractivity contribution in [3.8, 4) is 11.1 Å². The molecule has 2 atom stereocenters. The van der Waals surface area contributed by atoms with Crippen LogP contribution in [0.3, 0.4) is 0 Å². The van der Waals surface area contributed by atoms with E-state index in [0.29, 0.717) is 0 Å². The molecule has 1 aliphatic rings. The zero-order chi connectivity index (χ0) is 23.5. The normalized spacial score (nSPS) is 14.0. The zero-order valence-electron chi connectivity index (χ0n) is 17.6. The molecule has 2 aromatic carbocycles. The Morgan fingerprint density at radius 2 is 1.70 bits per heavy atom. The zero-order valence-corrected chi connectivity index (χ0v) is 17.6. The van der Waals surface area contributed by atoms with Gasteiger partial charge in [-0.3, -0.25) is 15.2 Å². The summed E-state index contributed by atoms with van der Waals surface area (Å²) in [6.07, 6.45) is -2.05. The fourth-order valence-corrected chi connectivity index (χ4v) is 3.85. The Morgan fingerprint density at radius 1 is 1.09 bits per heavy atom. The lowest BCUT2D eigenvalue weighted by atomic mass is 9.98. The molecule has 0 saturated heterocycles. The third-order valence-electron chi connectivity index (χ3n) is 5.43. The minimum absolute atomic E-state index is 0.0290. The number of carbonyl (C=O) groups excluding carboxylic acids is 2. The van der Waals surface area contributed by atoms with Crippen LogP contribution in [0.2, 0.25) is 0 Å². The molecule has 5 N–H and O–H groups in total. The van der Waals surface area contributed by atoms with Crippen LogP contribution < -0.4 is 10.6 Å². The predicted molar refractivity (Wildman–Crippen MR) is 118 cm³/mol. The number of nitrogens with zero attached hydrogens (tertiary/aromatic N) is 1. The lowest BCUT2D eigenvalue weighted by molar-refractivity contribution is -0.141. The average Bonchev–Trinajstić information content (AvgIpc) is 3.38. The Morgan fingerprint density at radius 3 is 2.27 bits per heavy atom. The molecule has 0 unspecified atom stereocenters. The van der Waals surface area contributed by atoms with E-state index in [1.165, 1.54) is 13.0 Å². The number of hydrogen-bond donors (Lipinski definition) is 5. The smallest absolute Gasteiger partial charge is 0.412 e. The van der Waals surface area contributed by atoms with E-state index in [9.17, 15) is 19.5 Å². The highest BCUT2D eigenvalue weighted by atomic mass is 16.5. The van der Waals surface area contributed by atoms with Gasteiger partial charge in [-0.1, -0.05) is 48.5 Å². The Balaban J connectivity index is 1.37. The molecule has 10 nitrogen and oxygen atoms in total. The van der Waals surface area contributed by atoms with Gasteiger partial charge in [0.2, 0.25) is 0 Å². The maximum atomic E-state index is 12.3. The van der Waals surface area contributed by atoms with Gasteiger partial charge in [0.25, 0.3) is 5.91 Å². The minimum atomic E-state index is -1.49. The van der Waals surface area contributed by atoms with Crippen molar-refractivity contribution >= 4 is 23.8 Å². The fourth-order valence-electron chi connectivity index (χ4n) is 3.85. The number of aliphatic hydroxyl groups is 1. The number of aromatic nitrogens is 2.